The van der Waals surface area contributed by atoms with Gasteiger partial charge in [0, 0.05) is 30.4 Å². The summed E-state index contributed by atoms with van der Waals surface area (Å²) < 4.78 is 0. The van der Waals surface area contributed by atoms with E-state index in [1.165, 1.54) is 17.1 Å². The molecule has 0 aromatic rings. The van der Waals surface area contributed by atoms with Crippen LogP contribution in [0.15, 0.2) is 0 Å². The summed E-state index contributed by atoms with van der Waals surface area (Å²) in [5.74, 6) is 0.0666. The van der Waals surface area contributed by atoms with Gasteiger partial charge in [0.25, 0.3) is 0 Å². The van der Waals surface area contributed by atoms with Crippen LogP contribution in [0.4, 0.5) is 0 Å². The van der Waals surface area contributed by atoms with E-state index in [9.17, 15) is 14.7 Å². The number of unbranched alkanes of at least 4 members (excludes halogenated alkanes) is 1. The highest BCUT2D eigenvalue weighted by molar-refractivity contribution is 8.77. The number of aliphatic hydroxyl groups excluding tert-OH is 1. The molecule has 0 spiro atoms. The van der Waals surface area contributed by atoms with Crippen LogP contribution in [0.2, 0.25) is 0 Å². The van der Waals surface area contributed by atoms with Crippen LogP contribution < -0.4 is 0 Å². The summed E-state index contributed by atoms with van der Waals surface area (Å²) >= 11 is 0. The third-order valence-electron chi connectivity index (χ3n) is 3.78. The zero-order valence-electron chi connectivity index (χ0n) is 11.4. The maximum absolute atomic E-state index is 12.0. The van der Waals surface area contributed by atoms with Gasteiger partial charge >= 0.3 is 5.97 Å². The number of likely N-dealkylation sites (tertiary alicyclic amines) is 1. The van der Waals surface area contributed by atoms with Gasteiger partial charge in [-0.25, -0.2) is 4.79 Å². The van der Waals surface area contributed by atoms with Crippen LogP contribution in [0.1, 0.15) is 38.5 Å². The summed E-state index contributed by atoms with van der Waals surface area (Å²) in [6.07, 6.45) is 4.04. The van der Waals surface area contributed by atoms with Crippen molar-refractivity contribution in [3.8, 4) is 0 Å². The number of carboxylic acid groups (broad SMARTS) is 1. The van der Waals surface area contributed by atoms with Crippen molar-refractivity contribution in [1.82, 2.24) is 4.90 Å². The van der Waals surface area contributed by atoms with E-state index >= 15 is 0 Å². The molecule has 0 saturated carbocycles. The fourth-order valence-corrected chi connectivity index (χ4v) is 5.71. The van der Waals surface area contributed by atoms with Gasteiger partial charge in [0.15, 0.2) is 0 Å². The SMILES string of the molecule is O=C(O)[C@@H]1CC(O)CN1C(=O)CCCCC1CCSS1. The zero-order chi connectivity index (χ0) is 14.5. The summed E-state index contributed by atoms with van der Waals surface area (Å²) in [5.41, 5.74) is 0. The van der Waals surface area contributed by atoms with Crippen molar-refractivity contribution in [2.45, 2.75) is 55.9 Å². The summed E-state index contributed by atoms with van der Waals surface area (Å²) in [4.78, 5) is 24.4. The van der Waals surface area contributed by atoms with E-state index in [0.29, 0.717) is 6.42 Å². The molecule has 0 aromatic carbocycles. The second-order valence-corrected chi connectivity index (χ2v) is 8.15. The first-order valence-electron chi connectivity index (χ1n) is 7.06. The highest BCUT2D eigenvalue weighted by atomic mass is 33.1. The lowest BCUT2D eigenvalue weighted by atomic mass is 10.1. The maximum atomic E-state index is 12.0. The summed E-state index contributed by atoms with van der Waals surface area (Å²) in [5, 5.41) is 19.3. The molecule has 2 heterocycles. The molecule has 3 atom stereocenters. The number of β-amino-alcohol motifs (C(OH)–C–C–N with tert-alkyl or cyclic N) is 1. The maximum Gasteiger partial charge on any atom is 0.326 e. The summed E-state index contributed by atoms with van der Waals surface area (Å²) in [6.45, 7) is 0.158. The molecule has 0 aromatic heterocycles. The third kappa shape index (κ3) is 4.30. The Balaban J connectivity index is 1.69. The fourth-order valence-electron chi connectivity index (χ4n) is 2.68. The quantitative estimate of drug-likeness (QED) is 0.574. The highest BCUT2D eigenvalue weighted by Crippen LogP contribution is 2.39. The van der Waals surface area contributed by atoms with Crippen molar-refractivity contribution in [2.75, 3.05) is 12.3 Å². The van der Waals surface area contributed by atoms with E-state index in [-0.39, 0.29) is 18.9 Å². The molecular weight excluding hydrogens is 298 g/mol. The predicted molar refractivity (Wildman–Crippen MR) is 80.7 cm³/mol. The first-order valence-corrected chi connectivity index (χ1v) is 9.44. The van der Waals surface area contributed by atoms with E-state index in [1.54, 1.807) is 0 Å². The molecule has 5 nitrogen and oxygen atoms in total. The van der Waals surface area contributed by atoms with Crippen molar-refractivity contribution in [3.63, 3.8) is 0 Å². The van der Waals surface area contributed by atoms with Crippen LogP contribution in [-0.4, -0.2) is 56.7 Å². The number of amides is 1. The third-order valence-corrected chi connectivity index (χ3v) is 6.79. The predicted octanol–water partition coefficient (Wildman–Crippen LogP) is 1.75. The molecule has 0 bridgehead atoms. The monoisotopic (exact) mass is 319 g/mol. The zero-order valence-corrected chi connectivity index (χ0v) is 13.0. The van der Waals surface area contributed by atoms with Crippen LogP contribution >= 0.6 is 21.6 Å². The average molecular weight is 319 g/mol. The van der Waals surface area contributed by atoms with Gasteiger partial charge in [0.1, 0.15) is 6.04 Å². The van der Waals surface area contributed by atoms with E-state index in [2.05, 4.69) is 0 Å². The topological polar surface area (TPSA) is 77.8 Å². The normalized spacial score (nSPS) is 29.9. The molecule has 2 saturated heterocycles. The molecule has 2 rings (SSSR count). The smallest absolute Gasteiger partial charge is 0.326 e. The van der Waals surface area contributed by atoms with Crippen molar-refractivity contribution in [3.05, 3.63) is 0 Å². The number of nitrogens with zero attached hydrogens (tertiary/aromatic N) is 1. The molecule has 1 amide bonds. The summed E-state index contributed by atoms with van der Waals surface area (Å²) in [6, 6.07) is -0.848. The molecule has 2 aliphatic rings. The average Bonchev–Trinajstić information content (AvgIpc) is 3.03. The number of hydrogen-bond donors (Lipinski definition) is 2. The van der Waals surface area contributed by atoms with Crippen molar-refractivity contribution in [2.24, 2.45) is 0 Å². The molecular formula is C13H21NO4S2. The minimum atomic E-state index is -1.02. The lowest BCUT2D eigenvalue weighted by Gasteiger charge is -2.21. The fraction of sp³-hybridized carbons (Fsp3) is 0.846. The Morgan fingerprint density at radius 3 is 2.75 bits per heavy atom. The Bertz CT molecular complexity index is 360. The van der Waals surface area contributed by atoms with Gasteiger partial charge < -0.3 is 15.1 Å². The number of carboxylic acids is 1. The van der Waals surface area contributed by atoms with E-state index in [1.807, 2.05) is 21.6 Å². The van der Waals surface area contributed by atoms with Crippen molar-refractivity contribution in [1.29, 1.82) is 0 Å². The molecule has 0 radical (unpaired) electrons. The van der Waals surface area contributed by atoms with Gasteiger partial charge in [-0.2, -0.15) is 0 Å². The van der Waals surface area contributed by atoms with Gasteiger partial charge in [0.2, 0.25) is 5.91 Å². The Morgan fingerprint density at radius 2 is 2.10 bits per heavy atom. The van der Waals surface area contributed by atoms with Crippen LogP contribution in [0.25, 0.3) is 0 Å². The van der Waals surface area contributed by atoms with Crippen LogP contribution in [-0.2, 0) is 9.59 Å². The van der Waals surface area contributed by atoms with E-state index < -0.39 is 18.1 Å². The van der Waals surface area contributed by atoms with Gasteiger partial charge in [0.05, 0.1) is 6.10 Å². The van der Waals surface area contributed by atoms with Crippen LogP contribution in [0.3, 0.4) is 0 Å². The van der Waals surface area contributed by atoms with Crippen molar-refractivity contribution < 1.29 is 19.8 Å². The van der Waals surface area contributed by atoms with Gasteiger partial charge in [-0.05, 0) is 19.3 Å². The minimum Gasteiger partial charge on any atom is -0.480 e. The van der Waals surface area contributed by atoms with E-state index in [0.717, 1.165) is 24.5 Å². The second-order valence-electron chi connectivity index (χ2n) is 5.36. The first-order chi connectivity index (χ1) is 9.58. The lowest BCUT2D eigenvalue weighted by molar-refractivity contribution is -0.148. The minimum absolute atomic E-state index is 0.137. The Labute approximate surface area is 126 Å². The molecule has 2 fully saturated rings. The number of rotatable bonds is 6. The Morgan fingerprint density at radius 1 is 1.30 bits per heavy atom. The van der Waals surface area contributed by atoms with Gasteiger partial charge in [-0.3, -0.25) is 4.79 Å². The van der Waals surface area contributed by atoms with Gasteiger partial charge in [-0.15, -0.1) is 0 Å². The second kappa shape index (κ2) is 7.56. The molecule has 2 N–H and O–H groups in total. The standard InChI is InChI=1S/C13H21NO4S2/c15-9-7-11(13(17)18)14(8-9)12(16)4-2-1-3-10-5-6-19-20-10/h9-11,15H,1-8H2,(H,17,18)/t9?,10?,11-/m0/s1. The van der Waals surface area contributed by atoms with Crippen molar-refractivity contribution >= 4 is 33.5 Å². The highest BCUT2D eigenvalue weighted by Gasteiger charge is 2.38. The van der Waals surface area contributed by atoms with Crippen LogP contribution in [0.5, 0.6) is 0 Å². The number of carbonyl (C=O) groups excluding carboxylic acids is 1. The Kier molecular flexibility index (Phi) is 6.04. The first kappa shape index (κ1) is 16.0. The van der Waals surface area contributed by atoms with E-state index in [4.69, 9.17) is 5.11 Å². The molecule has 0 aliphatic carbocycles. The van der Waals surface area contributed by atoms with Gasteiger partial charge in [-0.1, -0.05) is 28.0 Å². The number of carbonyl (C=O) groups is 2. The van der Waals surface area contributed by atoms with Crippen LogP contribution in [0, 0.1) is 0 Å². The number of hydrogen-bond acceptors (Lipinski definition) is 5. The Hall–Kier alpha value is -0.400. The molecule has 2 unspecified atom stereocenters. The molecule has 7 heteroatoms. The molecule has 114 valence electrons. The largest absolute Gasteiger partial charge is 0.480 e. The summed E-state index contributed by atoms with van der Waals surface area (Å²) in [7, 11) is 3.86. The number of aliphatic hydroxyl groups is 1. The number of aliphatic carboxylic acids is 1. The molecule has 2 aliphatic heterocycles. The lowest BCUT2D eigenvalue weighted by Crippen LogP contribution is -2.40. The molecule has 20 heavy (non-hydrogen) atoms.